The smallest absolute Gasteiger partial charge is 0.221 e. The zero-order valence-corrected chi connectivity index (χ0v) is 12.8. The lowest BCUT2D eigenvalue weighted by Crippen LogP contribution is -2.20. The fourth-order valence-corrected chi connectivity index (χ4v) is 1.58. The molecule has 0 atom stereocenters. The summed E-state index contributed by atoms with van der Waals surface area (Å²) in [7, 11) is 4.06. The summed E-state index contributed by atoms with van der Waals surface area (Å²) in [5.41, 5.74) is 0.990. The predicted molar refractivity (Wildman–Crippen MR) is 79.0 cm³/mol. The maximum atomic E-state index is 5.78. The van der Waals surface area contributed by atoms with Crippen molar-refractivity contribution in [2.24, 2.45) is 0 Å². The number of anilines is 1. The van der Waals surface area contributed by atoms with E-state index in [4.69, 9.17) is 4.74 Å². The molecule has 1 aromatic rings. The third-order valence-corrected chi connectivity index (χ3v) is 2.78. The number of nitrogens with zero attached hydrogens (tertiary/aromatic N) is 3. The van der Waals surface area contributed by atoms with E-state index in [0.29, 0.717) is 12.5 Å². The van der Waals surface area contributed by atoms with Crippen LogP contribution in [-0.4, -0.2) is 48.7 Å². The van der Waals surface area contributed by atoms with Crippen molar-refractivity contribution in [3.8, 4) is 5.88 Å². The van der Waals surface area contributed by atoms with Gasteiger partial charge in [0, 0.05) is 19.5 Å². The van der Waals surface area contributed by atoms with Gasteiger partial charge in [-0.25, -0.2) is 4.98 Å². The second kappa shape index (κ2) is 7.94. The molecule has 1 rings (SSSR count). The Kier molecular flexibility index (Phi) is 6.56. The molecular weight excluding hydrogens is 240 g/mol. The first-order chi connectivity index (χ1) is 9.08. The minimum Gasteiger partial charge on any atom is -0.476 e. The first-order valence-corrected chi connectivity index (χ1v) is 6.97. The van der Waals surface area contributed by atoms with Crippen molar-refractivity contribution in [2.45, 2.75) is 33.6 Å². The van der Waals surface area contributed by atoms with Crippen molar-refractivity contribution < 1.29 is 4.74 Å². The van der Waals surface area contributed by atoms with E-state index in [9.17, 15) is 0 Å². The van der Waals surface area contributed by atoms with Gasteiger partial charge in [-0.1, -0.05) is 13.8 Å². The van der Waals surface area contributed by atoms with Crippen LogP contribution < -0.4 is 10.1 Å². The Balaban J connectivity index is 2.82. The van der Waals surface area contributed by atoms with Gasteiger partial charge in [-0.2, -0.15) is 4.98 Å². The topological polar surface area (TPSA) is 50.3 Å². The number of likely N-dealkylation sites (N-methyl/N-ethyl adjacent to an activating group) is 1. The molecule has 0 saturated carbocycles. The molecule has 0 saturated heterocycles. The lowest BCUT2D eigenvalue weighted by molar-refractivity contribution is 0.251. The van der Waals surface area contributed by atoms with Crippen molar-refractivity contribution in [1.82, 2.24) is 14.9 Å². The molecule has 0 aliphatic heterocycles. The maximum Gasteiger partial charge on any atom is 0.221 e. The predicted octanol–water partition coefficient (Wildman–Crippen LogP) is 2.11. The van der Waals surface area contributed by atoms with E-state index in [0.717, 1.165) is 43.1 Å². The lowest BCUT2D eigenvalue weighted by atomic mass is 10.3. The average Bonchev–Trinajstić information content (AvgIpc) is 2.38. The van der Waals surface area contributed by atoms with Crippen LogP contribution in [0.5, 0.6) is 5.88 Å². The quantitative estimate of drug-likeness (QED) is 0.781. The monoisotopic (exact) mass is 266 g/mol. The molecule has 1 N–H and O–H groups in total. The SMILES string of the molecule is CCCNc1nc(CC)nc(OCCN(C)C)c1C. The standard InChI is InChI=1S/C14H26N4O/c1-6-8-15-13-11(3)14(17-12(7-2)16-13)19-10-9-18(4)5/h6-10H2,1-5H3,(H,15,16,17). The van der Waals surface area contributed by atoms with Gasteiger partial charge in [0.25, 0.3) is 0 Å². The summed E-state index contributed by atoms with van der Waals surface area (Å²) in [6.07, 6.45) is 1.88. The Hall–Kier alpha value is -1.36. The Labute approximate surface area is 116 Å². The molecule has 0 aromatic carbocycles. The third-order valence-electron chi connectivity index (χ3n) is 2.78. The molecule has 1 heterocycles. The highest BCUT2D eigenvalue weighted by atomic mass is 16.5. The van der Waals surface area contributed by atoms with Gasteiger partial charge in [0.15, 0.2) is 0 Å². The van der Waals surface area contributed by atoms with E-state index < -0.39 is 0 Å². The molecule has 0 amide bonds. The molecule has 0 spiro atoms. The molecule has 0 aliphatic carbocycles. The highest BCUT2D eigenvalue weighted by molar-refractivity contribution is 5.48. The Morgan fingerprint density at radius 1 is 1.21 bits per heavy atom. The van der Waals surface area contributed by atoms with E-state index in [1.165, 1.54) is 0 Å². The first-order valence-electron chi connectivity index (χ1n) is 6.97. The summed E-state index contributed by atoms with van der Waals surface area (Å²) in [4.78, 5) is 11.1. The lowest BCUT2D eigenvalue weighted by Gasteiger charge is -2.15. The van der Waals surface area contributed by atoms with Crippen LogP contribution >= 0.6 is 0 Å². The van der Waals surface area contributed by atoms with Crippen LogP contribution in [0.3, 0.4) is 0 Å². The Morgan fingerprint density at radius 3 is 2.53 bits per heavy atom. The Morgan fingerprint density at radius 2 is 1.95 bits per heavy atom. The molecule has 0 unspecified atom stereocenters. The molecule has 0 bridgehead atoms. The highest BCUT2D eigenvalue weighted by Crippen LogP contribution is 2.22. The van der Waals surface area contributed by atoms with Gasteiger partial charge >= 0.3 is 0 Å². The summed E-state index contributed by atoms with van der Waals surface area (Å²) >= 11 is 0. The van der Waals surface area contributed by atoms with Crippen LogP contribution in [0.4, 0.5) is 5.82 Å². The van der Waals surface area contributed by atoms with Crippen LogP contribution in [0, 0.1) is 6.92 Å². The van der Waals surface area contributed by atoms with Crippen molar-refractivity contribution in [1.29, 1.82) is 0 Å². The number of aromatic nitrogens is 2. The summed E-state index contributed by atoms with van der Waals surface area (Å²) in [5.74, 6) is 2.42. The van der Waals surface area contributed by atoms with Crippen LogP contribution in [0.15, 0.2) is 0 Å². The van der Waals surface area contributed by atoms with Crippen molar-refractivity contribution in [2.75, 3.05) is 39.1 Å². The van der Waals surface area contributed by atoms with Gasteiger partial charge in [-0.15, -0.1) is 0 Å². The van der Waals surface area contributed by atoms with Gasteiger partial charge in [-0.3, -0.25) is 0 Å². The minimum atomic E-state index is 0.640. The molecule has 19 heavy (non-hydrogen) atoms. The molecule has 1 aromatic heterocycles. The molecule has 0 radical (unpaired) electrons. The van der Waals surface area contributed by atoms with Crippen LogP contribution in [0.2, 0.25) is 0 Å². The summed E-state index contributed by atoms with van der Waals surface area (Å²) < 4.78 is 5.78. The zero-order chi connectivity index (χ0) is 14.3. The third kappa shape index (κ3) is 5.03. The van der Waals surface area contributed by atoms with E-state index >= 15 is 0 Å². The summed E-state index contributed by atoms with van der Waals surface area (Å²) in [6.45, 7) is 8.63. The normalized spacial score (nSPS) is 10.8. The van der Waals surface area contributed by atoms with Crippen LogP contribution in [-0.2, 0) is 6.42 Å². The largest absolute Gasteiger partial charge is 0.476 e. The van der Waals surface area contributed by atoms with Crippen molar-refractivity contribution in [3.05, 3.63) is 11.4 Å². The fourth-order valence-electron chi connectivity index (χ4n) is 1.58. The van der Waals surface area contributed by atoms with Gasteiger partial charge in [0.05, 0.1) is 5.56 Å². The van der Waals surface area contributed by atoms with Crippen LogP contribution in [0.1, 0.15) is 31.7 Å². The van der Waals surface area contributed by atoms with Gasteiger partial charge in [0.1, 0.15) is 18.2 Å². The second-order valence-corrected chi connectivity index (χ2v) is 4.85. The van der Waals surface area contributed by atoms with E-state index in [-0.39, 0.29) is 0 Å². The Bertz CT molecular complexity index is 393. The fraction of sp³-hybridized carbons (Fsp3) is 0.714. The van der Waals surface area contributed by atoms with Crippen LogP contribution in [0.25, 0.3) is 0 Å². The van der Waals surface area contributed by atoms with E-state index in [1.807, 2.05) is 21.0 Å². The number of ether oxygens (including phenoxy) is 1. The number of aryl methyl sites for hydroxylation is 1. The average molecular weight is 266 g/mol. The first kappa shape index (κ1) is 15.7. The van der Waals surface area contributed by atoms with Crippen molar-refractivity contribution >= 4 is 5.82 Å². The molecule has 5 nitrogen and oxygen atoms in total. The van der Waals surface area contributed by atoms with Gasteiger partial charge in [0.2, 0.25) is 5.88 Å². The number of hydrogen-bond acceptors (Lipinski definition) is 5. The zero-order valence-electron chi connectivity index (χ0n) is 12.8. The van der Waals surface area contributed by atoms with E-state index in [1.54, 1.807) is 0 Å². The molecular formula is C14H26N4O. The minimum absolute atomic E-state index is 0.640. The molecule has 0 aliphatic rings. The summed E-state index contributed by atoms with van der Waals surface area (Å²) in [6, 6.07) is 0. The number of hydrogen-bond donors (Lipinski definition) is 1. The molecule has 0 fully saturated rings. The van der Waals surface area contributed by atoms with Gasteiger partial charge in [-0.05, 0) is 27.4 Å². The van der Waals surface area contributed by atoms with Crippen molar-refractivity contribution in [3.63, 3.8) is 0 Å². The molecule has 108 valence electrons. The highest BCUT2D eigenvalue weighted by Gasteiger charge is 2.11. The maximum absolute atomic E-state index is 5.78. The van der Waals surface area contributed by atoms with Gasteiger partial charge < -0.3 is 15.0 Å². The van der Waals surface area contributed by atoms with E-state index in [2.05, 4.69) is 34.0 Å². The number of nitrogens with one attached hydrogen (secondary N) is 1. The number of rotatable bonds is 8. The second-order valence-electron chi connectivity index (χ2n) is 4.85. The summed E-state index contributed by atoms with van der Waals surface area (Å²) in [5, 5.41) is 3.34. The molecule has 5 heteroatoms.